The molecule has 10 aliphatic rings. The molecule has 4 aromatic carbocycles. The van der Waals surface area contributed by atoms with Crippen molar-refractivity contribution >= 4 is 0 Å². The van der Waals surface area contributed by atoms with Gasteiger partial charge in [0.25, 0.3) is 0 Å². The van der Waals surface area contributed by atoms with Gasteiger partial charge in [-0.05, 0) is 83.6 Å². The van der Waals surface area contributed by atoms with Crippen LogP contribution >= 0.6 is 0 Å². The van der Waals surface area contributed by atoms with E-state index in [2.05, 4.69) is 59.2 Å². The molecule has 10 aliphatic heterocycles. The Bertz CT molecular complexity index is 1070. The van der Waals surface area contributed by atoms with Crippen LogP contribution in [0.25, 0.3) is 0 Å². The molecule has 6 nitrogen and oxygen atoms in total. The maximum Gasteiger partial charge on any atom is 0.119 e. The summed E-state index contributed by atoms with van der Waals surface area (Å²) in [5, 5.41) is 6.75. The molecule has 14 rings (SSSR count). The highest BCUT2D eigenvalue weighted by molar-refractivity contribution is 5.35. The van der Waals surface area contributed by atoms with E-state index in [4.69, 9.17) is 18.9 Å². The van der Waals surface area contributed by atoms with Crippen LogP contribution in [0.3, 0.4) is 0 Å². The number of ether oxygens (including phenoxy) is 4. The maximum absolute atomic E-state index is 5.89. The molecule has 208 valence electrons. The lowest BCUT2D eigenvalue weighted by molar-refractivity contribution is 0.289. The Morgan fingerprint density at radius 2 is 0.550 bits per heavy atom. The second kappa shape index (κ2) is 15.0. The molecule has 0 unspecified atom stereocenters. The molecule has 8 bridgehead atoms. The van der Waals surface area contributed by atoms with Crippen molar-refractivity contribution in [3.63, 3.8) is 0 Å². The van der Waals surface area contributed by atoms with Crippen LogP contribution in [0.1, 0.15) is 22.3 Å². The summed E-state index contributed by atoms with van der Waals surface area (Å²) in [5.41, 5.74) is 4.99. The number of rotatable bonds is 0. The third kappa shape index (κ3) is 9.04. The molecule has 0 saturated carbocycles. The number of hydrogen-bond donors (Lipinski definition) is 2. The topological polar surface area (TPSA) is 61.0 Å². The number of benzene rings is 4. The smallest absolute Gasteiger partial charge is 0.119 e. The van der Waals surface area contributed by atoms with Gasteiger partial charge in [0.1, 0.15) is 49.4 Å². The summed E-state index contributed by atoms with van der Waals surface area (Å²) in [6.45, 7) is 5.49. The van der Waals surface area contributed by atoms with Gasteiger partial charge < -0.3 is 29.6 Å². The summed E-state index contributed by atoms with van der Waals surface area (Å²) in [4.78, 5) is 0. The first kappa shape index (κ1) is 27.6. The molecule has 0 spiro atoms. The van der Waals surface area contributed by atoms with Crippen LogP contribution in [0.5, 0.6) is 23.0 Å². The highest BCUT2D eigenvalue weighted by Crippen LogP contribution is 2.19. The van der Waals surface area contributed by atoms with Gasteiger partial charge in [0.15, 0.2) is 0 Å². The van der Waals surface area contributed by atoms with E-state index in [1.54, 1.807) is 0 Å². The molecule has 2 N–H and O–H groups in total. The Morgan fingerprint density at radius 3 is 0.775 bits per heavy atom. The average Bonchev–Trinajstić information content (AvgIpc) is 2.99. The van der Waals surface area contributed by atoms with Crippen LogP contribution in [-0.4, -0.2) is 52.6 Å². The van der Waals surface area contributed by atoms with Gasteiger partial charge >= 0.3 is 0 Å². The van der Waals surface area contributed by atoms with Crippen LogP contribution in [0, 0.1) is 0 Å². The molecule has 6 heteroatoms. The van der Waals surface area contributed by atoms with E-state index in [9.17, 15) is 0 Å². The summed E-state index contributed by atoms with van der Waals surface area (Å²) in [6, 6.07) is 33.3. The third-order valence-corrected chi connectivity index (χ3v) is 6.70. The minimum Gasteiger partial charge on any atom is -0.492 e. The van der Waals surface area contributed by atoms with Crippen molar-refractivity contribution < 1.29 is 18.9 Å². The Labute approximate surface area is 237 Å². The van der Waals surface area contributed by atoms with E-state index >= 15 is 0 Å². The minimum absolute atomic E-state index is 0.609. The molecule has 40 heavy (non-hydrogen) atoms. The van der Waals surface area contributed by atoms with Crippen molar-refractivity contribution in [3.05, 3.63) is 119 Å². The fourth-order valence-electron chi connectivity index (χ4n) is 4.50. The lowest BCUT2D eigenvalue weighted by Crippen LogP contribution is -2.25. The first-order valence-corrected chi connectivity index (χ1v) is 14.1. The van der Waals surface area contributed by atoms with Gasteiger partial charge in [-0.1, -0.05) is 48.5 Å². The molecule has 4 aromatic rings. The SMILES string of the molecule is c1cc2ccc1Cc1ccc(cc1)OCCNCCOc1ccc(cc1)Cc1ccc(cc1)OCCNCCO2. The van der Waals surface area contributed by atoms with E-state index in [1.807, 2.05) is 48.5 Å². The van der Waals surface area contributed by atoms with Gasteiger partial charge in [-0.15, -0.1) is 0 Å². The zero-order valence-electron chi connectivity index (χ0n) is 22.9. The Morgan fingerprint density at radius 1 is 0.325 bits per heavy atom. The number of nitrogens with one attached hydrogen (secondary N) is 2. The van der Waals surface area contributed by atoms with Crippen LogP contribution in [0.4, 0.5) is 0 Å². The van der Waals surface area contributed by atoms with Gasteiger partial charge in [-0.25, -0.2) is 0 Å². The predicted octanol–water partition coefficient (Wildman–Crippen LogP) is 5.28. The number of hydrogen-bond acceptors (Lipinski definition) is 6. The van der Waals surface area contributed by atoms with E-state index < -0.39 is 0 Å². The zero-order valence-corrected chi connectivity index (χ0v) is 22.9. The molecule has 0 fully saturated rings. The van der Waals surface area contributed by atoms with E-state index in [-0.39, 0.29) is 0 Å². The highest BCUT2D eigenvalue weighted by atomic mass is 16.5. The molecule has 0 atom stereocenters. The molecule has 10 heterocycles. The Balaban J connectivity index is 1.15. The van der Waals surface area contributed by atoms with Gasteiger partial charge in [0, 0.05) is 26.2 Å². The van der Waals surface area contributed by atoms with Crippen molar-refractivity contribution in [2.75, 3.05) is 52.6 Å². The minimum atomic E-state index is 0.609. The summed E-state index contributed by atoms with van der Waals surface area (Å²) in [7, 11) is 0. The maximum atomic E-state index is 5.89. The molecule has 0 saturated heterocycles. The fraction of sp³-hybridized carbons (Fsp3) is 0.294. The molecular weight excluding hydrogens is 500 g/mol. The summed E-state index contributed by atoms with van der Waals surface area (Å²) >= 11 is 0. The predicted molar refractivity (Wildman–Crippen MR) is 159 cm³/mol. The highest BCUT2D eigenvalue weighted by Gasteiger charge is 2.03. The van der Waals surface area contributed by atoms with E-state index in [0.29, 0.717) is 26.4 Å². The summed E-state index contributed by atoms with van der Waals surface area (Å²) in [5.74, 6) is 3.53. The quantitative estimate of drug-likeness (QED) is 0.318. The molecule has 0 aromatic heterocycles. The fourth-order valence-corrected chi connectivity index (χ4v) is 4.50. The van der Waals surface area contributed by atoms with Gasteiger partial charge in [0.2, 0.25) is 0 Å². The zero-order chi connectivity index (χ0) is 27.2. The monoisotopic (exact) mass is 538 g/mol. The largest absolute Gasteiger partial charge is 0.492 e. The van der Waals surface area contributed by atoms with Gasteiger partial charge in [-0.3, -0.25) is 0 Å². The van der Waals surface area contributed by atoms with E-state index in [0.717, 1.165) is 62.0 Å². The van der Waals surface area contributed by atoms with Crippen molar-refractivity contribution in [2.24, 2.45) is 0 Å². The van der Waals surface area contributed by atoms with Crippen molar-refractivity contribution in [1.29, 1.82) is 0 Å². The Kier molecular flexibility index (Phi) is 10.3. The second-order valence-electron chi connectivity index (χ2n) is 9.82. The van der Waals surface area contributed by atoms with Crippen LogP contribution < -0.4 is 29.6 Å². The van der Waals surface area contributed by atoms with Crippen molar-refractivity contribution in [2.45, 2.75) is 12.8 Å². The van der Waals surface area contributed by atoms with Gasteiger partial charge in [0.05, 0.1) is 0 Å². The normalized spacial score (nSPS) is 15.6. The Hall–Kier alpha value is -4.00. The molecule has 0 radical (unpaired) electrons. The third-order valence-electron chi connectivity index (χ3n) is 6.70. The van der Waals surface area contributed by atoms with Crippen LogP contribution in [0.2, 0.25) is 0 Å². The standard InChI is InChI=1S/C34H38N2O4/c1-9-31-10-2-27(1)25-28-3-11-32(12-4-28)38-23-19-36-20-24-40-34-15-7-30(8-16-34)26-29-5-13-33(14-6-29)39-22-18-35-17-21-37-31/h1-16,35-36H,17-26H2. The van der Waals surface area contributed by atoms with Crippen LogP contribution in [-0.2, 0) is 12.8 Å². The lowest BCUT2D eigenvalue weighted by Gasteiger charge is -2.11. The first-order chi connectivity index (χ1) is 19.8. The molecule has 0 amide bonds. The molecule has 0 aliphatic carbocycles. The second-order valence-corrected chi connectivity index (χ2v) is 9.82. The van der Waals surface area contributed by atoms with E-state index in [1.165, 1.54) is 22.3 Å². The van der Waals surface area contributed by atoms with Gasteiger partial charge in [-0.2, -0.15) is 0 Å². The lowest BCUT2D eigenvalue weighted by atomic mass is 10.0. The van der Waals surface area contributed by atoms with Crippen molar-refractivity contribution in [3.8, 4) is 23.0 Å². The summed E-state index contributed by atoms with van der Waals surface area (Å²) in [6.07, 6.45) is 1.74. The first-order valence-electron chi connectivity index (χ1n) is 14.1. The summed E-state index contributed by atoms with van der Waals surface area (Å²) < 4.78 is 23.5. The molecular formula is C34H38N2O4. The average molecular weight is 539 g/mol. The van der Waals surface area contributed by atoms with Crippen LogP contribution in [0.15, 0.2) is 97.1 Å². The van der Waals surface area contributed by atoms with Crippen molar-refractivity contribution in [1.82, 2.24) is 10.6 Å².